The van der Waals surface area contributed by atoms with Crippen LogP contribution >= 0.6 is 0 Å². The number of anilines is 2. The fourth-order valence-corrected chi connectivity index (χ4v) is 3.51. The number of hydrazine groups is 1. The molecular formula is C17H27N5O. The Bertz CT molecular complexity index is 516. The van der Waals surface area contributed by atoms with Crippen LogP contribution in [-0.2, 0) is 0 Å². The summed E-state index contributed by atoms with van der Waals surface area (Å²) >= 11 is 0. The Morgan fingerprint density at radius 1 is 1.13 bits per heavy atom. The van der Waals surface area contributed by atoms with Crippen LogP contribution in [0.1, 0.15) is 46.0 Å². The van der Waals surface area contributed by atoms with Gasteiger partial charge in [0, 0.05) is 25.2 Å². The molecule has 2 N–H and O–H groups in total. The van der Waals surface area contributed by atoms with Crippen LogP contribution in [0.15, 0.2) is 18.3 Å². The maximum Gasteiger partial charge on any atom is 0.333 e. The molecule has 1 aromatic heterocycles. The summed E-state index contributed by atoms with van der Waals surface area (Å²) in [5.74, 6) is 0.992. The van der Waals surface area contributed by atoms with Gasteiger partial charge in [0.2, 0.25) is 0 Å². The van der Waals surface area contributed by atoms with Gasteiger partial charge in [0.15, 0.2) is 0 Å². The van der Waals surface area contributed by atoms with Crippen LogP contribution in [0, 0.1) is 0 Å². The third kappa shape index (κ3) is 3.93. The van der Waals surface area contributed by atoms with Gasteiger partial charge >= 0.3 is 6.03 Å². The molecule has 0 radical (unpaired) electrons. The average Bonchev–Trinajstić information content (AvgIpc) is 3.06. The van der Waals surface area contributed by atoms with Gasteiger partial charge in [0.25, 0.3) is 0 Å². The normalized spacial score (nSPS) is 25.4. The van der Waals surface area contributed by atoms with Gasteiger partial charge in [0.05, 0.1) is 11.9 Å². The molecule has 6 heteroatoms. The van der Waals surface area contributed by atoms with E-state index in [-0.39, 0.29) is 6.03 Å². The highest BCUT2D eigenvalue weighted by Crippen LogP contribution is 2.21. The van der Waals surface area contributed by atoms with Gasteiger partial charge in [-0.2, -0.15) is 0 Å². The summed E-state index contributed by atoms with van der Waals surface area (Å²) in [5.41, 5.74) is 3.71. The highest BCUT2D eigenvalue weighted by Gasteiger charge is 2.26. The number of carbonyl (C=O) groups excluding carboxylic acids is 1. The molecule has 0 aliphatic carbocycles. The molecule has 2 saturated heterocycles. The lowest BCUT2D eigenvalue weighted by Crippen LogP contribution is -2.55. The van der Waals surface area contributed by atoms with Gasteiger partial charge in [-0.1, -0.05) is 6.42 Å². The molecule has 3 heterocycles. The highest BCUT2D eigenvalue weighted by atomic mass is 16.2. The molecule has 1 aromatic rings. The number of urea groups is 1. The Morgan fingerprint density at radius 3 is 2.43 bits per heavy atom. The Balaban J connectivity index is 1.55. The number of piperidine rings is 1. The van der Waals surface area contributed by atoms with Crippen molar-refractivity contribution in [1.82, 2.24) is 15.4 Å². The molecule has 0 unspecified atom stereocenters. The van der Waals surface area contributed by atoms with Crippen LogP contribution < -0.4 is 15.6 Å². The summed E-state index contributed by atoms with van der Waals surface area (Å²) in [6.07, 6.45) is 7.67. The van der Waals surface area contributed by atoms with Gasteiger partial charge in [-0.05, 0) is 51.7 Å². The second kappa shape index (κ2) is 7.17. The molecule has 3 rings (SSSR count). The molecule has 23 heavy (non-hydrogen) atoms. The van der Waals surface area contributed by atoms with Gasteiger partial charge in [-0.15, -0.1) is 0 Å². The van der Waals surface area contributed by atoms with E-state index in [0.29, 0.717) is 12.1 Å². The number of rotatable bonds is 3. The van der Waals surface area contributed by atoms with Crippen molar-refractivity contribution in [2.24, 2.45) is 0 Å². The minimum absolute atomic E-state index is 0.193. The zero-order valence-corrected chi connectivity index (χ0v) is 14.1. The number of amides is 2. The molecule has 0 aromatic carbocycles. The van der Waals surface area contributed by atoms with E-state index < -0.39 is 0 Å². The topological polar surface area (TPSA) is 60.5 Å². The minimum atomic E-state index is -0.193. The first-order valence-electron chi connectivity index (χ1n) is 8.70. The first-order valence-corrected chi connectivity index (χ1v) is 8.70. The third-order valence-corrected chi connectivity index (χ3v) is 4.86. The maximum atomic E-state index is 12.2. The van der Waals surface area contributed by atoms with E-state index in [1.165, 1.54) is 19.3 Å². The number of hydrogen-bond donors (Lipinski definition) is 2. The van der Waals surface area contributed by atoms with Crippen LogP contribution in [0.25, 0.3) is 0 Å². The molecule has 2 aliphatic rings. The molecule has 0 bridgehead atoms. The number of nitrogens with one attached hydrogen (secondary N) is 2. The second-order valence-corrected chi connectivity index (χ2v) is 6.70. The van der Waals surface area contributed by atoms with E-state index in [0.717, 1.165) is 37.4 Å². The van der Waals surface area contributed by atoms with Crippen molar-refractivity contribution >= 4 is 17.5 Å². The van der Waals surface area contributed by atoms with Crippen molar-refractivity contribution in [3.63, 3.8) is 0 Å². The number of carbonyl (C=O) groups is 1. The summed E-state index contributed by atoms with van der Waals surface area (Å²) in [5, 5.41) is 4.94. The smallest absolute Gasteiger partial charge is 0.333 e. The molecule has 2 atom stereocenters. The molecule has 0 saturated carbocycles. The minimum Gasteiger partial charge on any atom is -0.357 e. The summed E-state index contributed by atoms with van der Waals surface area (Å²) < 4.78 is 0. The standard InChI is InChI=1S/C17H27N5O/c1-13-6-5-7-14(2)22(13)20-17(23)19-15-8-9-16(18-12-15)21-10-3-4-11-21/h8-9,12-14H,3-7,10-11H2,1-2H3,(H2,19,20,23)/t13-,14-/m0/s1. The van der Waals surface area contributed by atoms with Crippen LogP contribution in [0.4, 0.5) is 16.3 Å². The average molecular weight is 317 g/mol. The van der Waals surface area contributed by atoms with Crippen molar-refractivity contribution in [1.29, 1.82) is 0 Å². The number of hydrogen-bond acceptors (Lipinski definition) is 4. The Kier molecular flexibility index (Phi) is 5.00. The van der Waals surface area contributed by atoms with Crippen molar-refractivity contribution < 1.29 is 4.79 Å². The quantitative estimate of drug-likeness (QED) is 0.900. The fourth-order valence-electron chi connectivity index (χ4n) is 3.51. The molecule has 0 spiro atoms. The van der Waals surface area contributed by atoms with E-state index in [1.54, 1.807) is 6.20 Å². The van der Waals surface area contributed by atoms with Gasteiger partial charge < -0.3 is 10.2 Å². The van der Waals surface area contributed by atoms with Crippen molar-refractivity contribution in [3.05, 3.63) is 18.3 Å². The van der Waals surface area contributed by atoms with Gasteiger partial charge in [-0.3, -0.25) is 5.43 Å². The monoisotopic (exact) mass is 317 g/mol. The Hall–Kier alpha value is -1.82. The van der Waals surface area contributed by atoms with Crippen LogP contribution in [0.5, 0.6) is 0 Å². The van der Waals surface area contributed by atoms with Crippen LogP contribution in [0.2, 0.25) is 0 Å². The zero-order valence-electron chi connectivity index (χ0n) is 14.1. The Labute approximate surface area is 138 Å². The lowest BCUT2D eigenvalue weighted by molar-refractivity contribution is 0.0625. The molecule has 2 fully saturated rings. The first-order chi connectivity index (χ1) is 11.1. The van der Waals surface area contributed by atoms with Crippen LogP contribution in [0.3, 0.4) is 0 Å². The molecule has 2 aliphatic heterocycles. The first kappa shape index (κ1) is 16.1. The highest BCUT2D eigenvalue weighted by molar-refractivity contribution is 5.88. The van der Waals surface area contributed by atoms with Gasteiger partial charge in [0.1, 0.15) is 5.82 Å². The summed E-state index contributed by atoms with van der Waals surface area (Å²) in [4.78, 5) is 18.9. The fraction of sp³-hybridized carbons (Fsp3) is 0.647. The van der Waals surface area contributed by atoms with E-state index in [1.807, 2.05) is 12.1 Å². The lowest BCUT2D eigenvalue weighted by atomic mass is 10.00. The predicted octanol–water partition coefficient (Wildman–Crippen LogP) is 2.98. The molecular weight excluding hydrogens is 290 g/mol. The Morgan fingerprint density at radius 2 is 1.83 bits per heavy atom. The van der Waals surface area contributed by atoms with Crippen molar-refractivity contribution in [3.8, 4) is 0 Å². The van der Waals surface area contributed by atoms with Crippen LogP contribution in [-0.4, -0.2) is 41.2 Å². The SMILES string of the molecule is C[C@H]1CCC[C@H](C)N1NC(=O)Nc1ccc(N2CCCC2)nc1. The van der Waals surface area contributed by atoms with E-state index >= 15 is 0 Å². The van der Waals surface area contributed by atoms with Crippen molar-refractivity contribution in [2.45, 2.75) is 58.0 Å². The maximum absolute atomic E-state index is 12.2. The van der Waals surface area contributed by atoms with E-state index in [4.69, 9.17) is 0 Å². The zero-order chi connectivity index (χ0) is 16.2. The summed E-state index contributed by atoms with van der Waals surface area (Å²) in [6, 6.07) is 4.46. The number of pyridine rings is 1. The molecule has 6 nitrogen and oxygen atoms in total. The lowest BCUT2D eigenvalue weighted by Gasteiger charge is -2.38. The molecule has 2 amide bonds. The van der Waals surface area contributed by atoms with E-state index in [9.17, 15) is 4.79 Å². The summed E-state index contributed by atoms with van der Waals surface area (Å²) in [7, 11) is 0. The summed E-state index contributed by atoms with van der Waals surface area (Å²) in [6.45, 7) is 6.46. The van der Waals surface area contributed by atoms with Gasteiger partial charge in [-0.25, -0.2) is 14.8 Å². The van der Waals surface area contributed by atoms with E-state index in [2.05, 4.69) is 39.5 Å². The van der Waals surface area contributed by atoms with Crippen molar-refractivity contribution in [2.75, 3.05) is 23.3 Å². The number of nitrogens with zero attached hydrogens (tertiary/aromatic N) is 3. The predicted molar refractivity (Wildman–Crippen MR) is 92.5 cm³/mol. The number of aromatic nitrogens is 1. The third-order valence-electron chi connectivity index (χ3n) is 4.86. The molecule has 126 valence electrons. The largest absolute Gasteiger partial charge is 0.357 e. The second-order valence-electron chi connectivity index (χ2n) is 6.70.